The lowest BCUT2D eigenvalue weighted by atomic mass is 10.0. The summed E-state index contributed by atoms with van der Waals surface area (Å²) in [5.74, 6) is -0.358. The molecule has 2 aliphatic heterocycles. The Morgan fingerprint density at radius 1 is 0.746 bits per heavy atom. The van der Waals surface area contributed by atoms with Crippen molar-refractivity contribution in [3.05, 3.63) is 131 Å². The third kappa shape index (κ3) is 11.8. The number of piperazine rings is 2. The molecule has 2 saturated heterocycles. The standard InChI is InChI=1S/C46H56N6O6S/c1-36(54)49-27-29-50(30-28-49)42-18-11-40(12-19-42)35-52(45(55)22-15-37-13-20-43(21-14-37)59(3,57)58)44(33-38-7-5-4-6-8-38)46(56)51-25-23-48(24-26-51)34-39-9-16-41(17-10-39)47(2)31-32-53/h4-22,44,53H,23-35H2,1-3H3/b22-15+/t44-/m0/s1. The van der Waals surface area contributed by atoms with Crippen LogP contribution in [0.1, 0.15) is 29.2 Å². The van der Waals surface area contributed by atoms with Crippen LogP contribution in [0.2, 0.25) is 0 Å². The lowest BCUT2D eigenvalue weighted by molar-refractivity contribution is -0.145. The van der Waals surface area contributed by atoms with Crippen LogP contribution in [0.4, 0.5) is 11.4 Å². The van der Waals surface area contributed by atoms with E-state index >= 15 is 0 Å². The van der Waals surface area contributed by atoms with Crippen LogP contribution in [0.5, 0.6) is 0 Å². The second kappa shape index (κ2) is 20.0. The Hall–Kier alpha value is -5.50. The van der Waals surface area contributed by atoms with Gasteiger partial charge >= 0.3 is 0 Å². The maximum Gasteiger partial charge on any atom is 0.247 e. The number of amides is 3. The number of hydrogen-bond acceptors (Lipinski definition) is 9. The highest BCUT2D eigenvalue weighted by Gasteiger charge is 2.34. The number of benzene rings is 4. The summed E-state index contributed by atoms with van der Waals surface area (Å²) in [6.45, 7) is 8.42. The van der Waals surface area contributed by atoms with Crippen molar-refractivity contribution in [1.82, 2.24) is 19.6 Å². The Balaban J connectivity index is 1.22. The van der Waals surface area contributed by atoms with E-state index in [-0.39, 0.29) is 35.8 Å². The molecule has 6 rings (SSSR count). The highest BCUT2D eigenvalue weighted by atomic mass is 32.2. The summed E-state index contributed by atoms with van der Waals surface area (Å²) in [7, 11) is -1.42. The van der Waals surface area contributed by atoms with Gasteiger partial charge in [-0.1, -0.05) is 66.7 Å². The number of nitrogens with zero attached hydrogens (tertiary/aromatic N) is 6. The number of hydrogen-bond donors (Lipinski definition) is 1. The topological polar surface area (TPSA) is 125 Å². The van der Waals surface area contributed by atoms with Crippen LogP contribution in [0.25, 0.3) is 6.08 Å². The first-order valence-corrected chi connectivity index (χ1v) is 22.1. The largest absolute Gasteiger partial charge is 0.395 e. The minimum Gasteiger partial charge on any atom is -0.395 e. The molecule has 2 aliphatic rings. The van der Waals surface area contributed by atoms with Gasteiger partial charge in [0.25, 0.3) is 0 Å². The Morgan fingerprint density at radius 2 is 1.36 bits per heavy atom. The Bertz CT molecular complexity index is 2150. The Morgan fingerprint density at radius 3 is 1.95 bits per heavy atom. The fraction of sp³-hybridized carbons (Fsp3) is 0.370. The zero-order valence-corrected chi connectivity index (χ0v) is 35.1. The fourth-order valence-corrected chi connectivity index (χ4v) is 8.25. The Kier molecular flexibility index (Phi) is 14.6. The minimum absolute atomic E-state index is 0.0801. The molecule has 0 unspecified atom stereocenters. The number of aliphatic hydroxyl groups excluding tert-OH is 1. The summed E-state index contributed by atoms with van der Waals surface area (Å²) in [6.07, 6.45) is 4.61. The summed E-state index contributed by atoms with van der Waals surface area (Å²) >= 11 is 0. The molecule has 12 nitrogen and oxygen atoms in total. The molecular formula is C46H56N6O6S. The summed E-state index contributed by atoms with van der Waals surface area (Å²) in [6, 6.07) is 31.8. The average Bonchev–Trinajstić information content (AvgIpc) is 3.25. The van der Waals surface area contributed by atoms with Crippen molar-refractivity contribution < 1.29 is 27.9 Å². The van der Waals surface area contributed by atoms with Gasteiger partial charge in [0.1, 0.15) is 6.04 Å². The van der Waals surface area contributed by atoms with Crippen LogP contribution < -0.4 is 9.80 Å². The van der Waals surface area contributed by atoms with Crippen molar-refractivity contribution in [2.75, 3.05) is 88.6 Å². The molecule has 0 saturated carbocycles. The molecule has 13 heteroatoms. The minimum atomic E-state index is -3.37. The van der Waals surface area contributed by atoms with E-state index in [1.165, 1.54) is 23.8 Å². The highest BCUT2D eigenvalue weighted by Crippen LogP contribution is 2.23. The van der Waals surface area contributed by atoms with E-state index in [1.54, 1.807) is 30.0 Å². The number of aliphatic hydroxyl groups is 1. The summed E-state index contributed by atoms with van der Waals surface area (Å²) < 4.78 is 24.1. The van der Waals surface area contributed by atoms with E-state index in [9.17, 15) is 27.9 Å². The van der Waals surface area contributed by atoms with Gasteiger partial charge in [-0.15, -0.1) is 0 Å². The zero-order chi connectivity index (χ0) is 41.9. The van der Waals surface area contributed by atoms with Crippen LogP contribution in [0.3, 0.4) is 0 Å². The van der Waals surface area contributed by atoms with Crippen LogP contribution in [-0.4, -0.2) is 136 Å². The first-order chi connectivity index (χ1) is 28.4. The van der Waals surface area contributed by atoms with Crippen molar-refractivity contribution in [3.8, 4) is 0 Å². The van der Waals surface area contributed by atoms with Gasteiger partial charge in [0.2, 0.25) is 17.7 Å². The number of likely N-dealkylation sites (N-methyl/N-ethyl adjacent to an activating group) is 1. The smallest absolute Gasteiger partial charge is 0.247 e. The highest BCUT2D eigenvalue weighted by molar-refractivity contribution is 7.90. The van der Waals surface area contributed by atoms with E-state index < -0.39 is 15.9 Å². The van der Waals surface area contributed by atoms with Crippen molar-refractivity contribution >= 4 is 45.0 Å². The number of rotatable bonds is 15. The van der Waals surface area contributed by atoms with Crippen molar-refractivity contribution in [1.29, 1.82) is 0 Å². The lowest BCUT2D eigenvalue weighted by Crippen LogP contribution is -2.56. The van der Waals surface area contributed by atoms with E-state index in [0.29, 0.717) is 57.8 Å². The van der Waals surface area contributed by atoms with Crippen molar-refractivity contribution in [2.45, 2.75) is 37.4 Å². The van der Waals surface area contributed by atoms with Crippen LogP contribution in [-0.2, 0) is 43.7 Å². The molecule has 312 valence electrons. The van der Waals surface area contributed by atoms with Gasteiger partial charge in [-0.05, 0) is 64.7 Å². The van der Waals surface area contributed by atoms with Gasteiger partial charge < -0.3 is 29.6 Å². The van der Waals surface area contributed by atoms with Gasteiger partial charge in [-0.25, -0.2) is 8.42 Å². The number of carbonyl (C=O) groups is 3. The van der Waals surface area contributed by atoms with Gasteiger partial charge in [-0.2, -0.15) is 0 Å². The van der Waals surface area contributed by atoms with Crippen molar-refractivity contribution in [2.24, 2.45) is 0 Å². The predicted octanol–water partition coefficient (Wildman–Crippen LogP) is 4.18. The number of sulfone groups is 1. The maximum absolute atomic E-state index is 14.8. The fourth-order valence-electron chi connectivity index (χ4n) is 7.62. The van der Waals surface area contributed by atoms with Crippen LogP contribution >= 0.6 is 0 Å². The van der Waals surface area contributed by atoms with Gasteiger partial charge in [0, 0.05) is 116 Å². The molecule has 0 aliphatic carbocycles. The zero-order valence-electron chi connectivity index (χ0n) is 34.3. The summed E-state index contributed by atoms with van der Waals surface area (Å²) in [4.78, 5) is 53.3. The average molecular weight is 821 g/mol. The molecule has 0 aromatic heterocycles. The molecular weight excluding hydrogens is 765 g/mol. The van der Waals surface area contributed by atoms with Gasteiger partial charge in [0.05, 0.1) is 11.5 Å². The summed E-state index contributed by atoms with van der Waals surface area (Å²) in [5.41, 5.74) is 5.73. The van der Waals surface area contributed by atoms with E-state index in [0.717, 1.165) is 48.4 Å². The molecule has 3 amide bonds. The van der Waals surface area contributed by atoms with Crippen LogP contribution in [0, 0.1) is 0 Å². The molecule has 2 heterocycles. The maximum atomic E-state index is 14.8. The molecule has 2 fully saturated rings. The molecule has 0 radical (unpaired) electrons. The quantitative estimate of drug-likeness (QED) is 0.176. The molecule has 0 spiro atoms. The SMILES string of the molecule is CC(=O)N1CCN(c2ccc(CN(C(=O)/C=C/c3ccc(S(C)(=O)=O)cc3)[C@@H](Cc3ccccc3)C(=O)N3CCN(Cc4ccc(N(C)CCO)cc4)CC3)cc2)CC1. The van der Waals surface area contributed by atoms with Gasteiger partial charge in [-0.3, -0.25) is 19.3 Å². The van der Waals surface area contributed by atoms with Crippen LogP contribution in [0.15, 0.2) is 114 Å². The number of carbonyl (C=O) groups excluding carboxylic acids is 3. The normalized spacial score (nSPS) is 15.6. The first-order valence-electron chi connectivity index (χ1n) is 20.2. The van der Waals surface area contributed by atoms with E-state index in [4.69, 9.17) is 0 Å². The third-order valence-corrected chi connectivity index (χ3v) is 12.4. The van der Waals surface area contributed by atoms with E-state index in [1.807, 2.05) is 76.3 Å². The van der Waals surface area contributed by atoms with E-state index in [2.05, 4.69) is 34.1 Å². The molecule has 59 heavy (non-hydrogen) atoms. The van der Waals surface area contributed by atoms with Gasteiger partial charge in [0.15, 0.2) is 9.84 Å². The molecule has 1 N–H and O–H groups in total. The number of anilines is 2. The monoisotopic (exact) mass is 820 g/mol. The summed E-state index contributed by atoms with van der Waals surface area (Å²) in [5, 5.41) is 9.30. The third-order valence-electron chi connectivity index (χ3n) is 11.2. The molecule has 4 aromatic rings. The molecule has 4 aromatic carbocycles. The Labute approximate surface area is 348 Å². The lowest BCUT2D eigenvalue weighted by Gasteiger charge is -2.39. The second-order valence-electron chi connectivity index (χ2n) is 15.4. The predicted molar refractivity (Wildman–Crippen MR) is 233 cm³/mol. The second-order valence-corrected chi connectivity index (χ2v) is 17.4. The van der Waals surface area contributed by atoms with Crippen molar-refractivity contribution in [3.63, 3.8) is 0 Å². The molecule has 1 atom stereocenters. The first kappa shape index (κ1) is 43.1. The molecule has 0 bridgehead atoms.